The zero-order valence-electron chi connectivity index (χ0n) is 19.6. The van der Waals surface area contributed by atoms with Crippen LogP contribution in [0.1, 0.15) is 29.2 Å². The molecule has 0 aromatic heterocycles. The van der Waals surface area contributed by atoms with Crippen LogP contribution in [0.3, 0.4) is 0 Å². The minimum atomic E-state index is -3.76. The lowest BCUT2D eigenvalue weighted by atomic mass is 10.1. The summed E-state index contributed by atoms with van der Waals surface area (Å²) in [7, 11) is -3.76. The first kappa shape index (κ1) is 24.3. The summed E-state index contributed by atoms with van der Waals surface area (Å²) in [5, 5.41) is 0. The second-order valence-electron chi connectivity index (χ2n) is 8.71. The van der Waals surface area contributed by atoms with E-state index in [9.17, 15) is 13.2 Å². The summed E-state index contributed by atoms with van der Waals surface area (Å²) in [6.45, 7) is 7.56. The van der Waals surface area contributed by atoms with E-state index < -0.39 is 10.0 Å². The maximum absolute atomic E-state index is 13.0. The molecule has 0 radical (unpaired) electrons. The van der Waals surface area contributed by atoms with Crippen molar-refractivity contribution in [1.82, 2.24) is 0 Å². The first-order chi connectivity index (χ1) is 16.0. The predicted octanol–water partition coefficient (Wildman–Crippen LogP) is 5.53. The number of rotatable bonds is 6. The average molecular weight is 543 g/mol. The van der Waals surface area contributed by atoms with Crippen LogP contribution < -0.4 is 14.4 Å². The molecule has 0 spiro atoms. The first-order valence-corrected chi connectivity index (χ1v) is 13.3. The fraction of sp³-hybridized carbons (Fsp3) is 0.269. The van der Waals surface area contributed by atoms with Gasteiger partial charge in [-0.15, -0.1) is 0 Å². The van der Waals surface area contributed by atoms with Crippen LogP contribution in [-0.2, 0) is 21.2 Å². The summed E-state index contributed by atoms with van der Waals surface area (Å²) in [6, 6.07) is 16.0. The van der Waals surface area contributed by atoms with Gasteiger partial charge in [0.15, 0.2) is 6.61 Å². The van der Waals surface area contributed by atoms with E-state index in [4.69, 9.17) is 4.74 Å². The minimum Gasteiger partial charge on any atom is -0.483 e. The number of ether oxygens (including phenoxy) is 1. The molecule has 3 aromatic carbocycles. The van der Waals surface area contributed by atoms with Crippen LogP contribution in [0.15, 0.2) is 64.0 Å². The molecule has 1 amide bonds. The monoisotopic (exact) mass is 542 g/mol. The number of hydrogen-bond donors (Lipinski definition) is 1. The summed E-state index contributed by atoms with van der Waals surface area (Å²) in [5.41, 5.74) is 5.27. The van der Waals surface area contributed by atoms with Crippen LogP contribution in [0.4, 0.5) is 11.4 Å². The SMILES string of the molecule is Cc1ccc(NS(=O)(=O)c2ccc(OCC(=O)N3c4ccc(Br)cc4C[C@H]3C)c(C)c2)cc1C. The fourth-order valence-corrected chi connectivity index (χ4v) is 5.70. The summed E-state index contributed by atoms with van der Waals surface area (Å²) in [4.78, 5) is 14.9. The van der Waals surface area contributed by atoms with E-state index in [1.54, 1.807) is 36.1 Å². The number of sulfonamides is 1. The van der Waals surface area contributed by atoms with Crippen LogP contribution in [0, 0.1) is 20.8 Å². The molecule has 0 saturated heterocycles. The lowest BCUT2D eigenvalue weighted by molar-refractivity contribution is -0.120. The van der Waals surface area contributed by atoms with Crippen molar-refractivity contribution < 1.29 is 17.9 Å². The van der Waals surface area contributed by atoms with Crippen molar-refractivity contribution in [3.05, 3.63) is 81.3 Å². The number of carbonyl (C=O) groups is 1. The molecule has 34 heavy (non-hydrogen) atoms. The van der Waals surface area contributed by atoms with E-state index in [0.717, 1.165) is 33.3 Å². The zero-order valence-corrected chi connectivity index (χ0v) is 22.0. The highest BCUT2D eigenvalue weighted by Crippen LogP contribution is 2.34. The third kappa shape index (κ3) is 4.98. The highest BCUT2D eigenvalue weighted by molar-refractivity contribution is 9.10. The number of anilines is 2. The van der Waals surface area contributed by atoms with Crippen LogP contribution >= 0.6 is 15.9 Å². The zero-order chi connectivity index (χ0) is 24.6. The van der Waals surface area contributed by atoms with Crippen LogP contribution in [0.5, 0.6) is 5.75 Å². The molecule has 0 aliphatic carbocycles. The molecule has 0 fully saturated rings. The molecule has 4 rings (SSSR count). The Bertz CT molecular complexity index is 1370. The molecular formula is C26H27BrN2O4S. The molecule has 0 saturated carbocycles. The Balaban J connectivity index is 1.45. The minimum absolute atomic E-state index is 0.0468. The van der Waals surface area contributed by atoms with Gasteiger partial charge < -0.3 is 9.64 Å². The molecule has 1 heterocycles. The van der Waals surface area contributed by atoms with Gasteiger partial charge in [0.25, 0.3) is 15.9 Å². The van der Waals surface area contributed by atoms with Gasteiger partial charge in [0, 0.05) is 21.9 Å². The van der Waals surface area contributed by atoms with Gasteiger partial charge in [0.1, 0.15) is 5.75 Å². The molecular weight excluding hydrogens is 516 g/mol. The van der Waals surface area contributed by atoms with E-state index in [1.165, 1.54) is 6.07 Å². The quantitative estimate of drug-likeness (QED) is 0.444. The van der Waals surface area contributed by atoms with Crippen molar-refractivity contribution in [3.63, 3.8) is 0 Å². The topological polar surface area (TPSA) is 75.7 Å². The van der Waals surface area contributed by atoms with Gasteiger partial charge in [-0.05, 0) is 105 Å². The summed E-state index contributed by atoms with van der Waals surface area (Å²) in [5.74, 6) is 0.336. The van der Waals surface area contributed by atoms with Gasteiger partial charge in [-0.1, -0.05) is 22.0 Å². The standard InChI is InChI=1S/C26H27BrN2O4S/c1-16-5-7-22(11-17(16)2)28-34(31,32)23-8-10-25(18(3)12-23)33-15-26(30)29-19(4)13-20-14-21(27)6-9-24(20)29/h5-12,14,19,28H,13,15H2,1-4H3/t19-/m1/s1. The molecule has 178 valence electrons. The largest absolute Gasteiger partial charge is 0.483 e. The molecule has 1 aliphatic heterocycles. The van der Waals surface area contributed by atoms with Crippen molar-refractivity contribution in [2.45, 2.75) is 45.1 Å². The molecule has 1 aliphatic rings. The Labute approximate surface area is 209 Å². The normalized spacial score (nSPS) is 15.2. The van der Waals surface area contributed by atoms with E-state index in [2.05, 4.69) is 20.7 Å². The Morgan fingerprint density at radius 2 is 1.79 bits per heavy atom. The van der Waals surface area contributed by atoms with Gasteiger partial charge in [-0.2, -0.15) is 0 Å². The number of nitrogens with one attached hydrogen (secondary N) is 1. The van der Waals surface area contributed by atoms with E-state index in [1.807, 2.05) is 45.0 Å². The van der Waals surface area contributed by atoms with Crippen LogP contribution in [0.2, 0.25) is 0 Å². The van der Waals surface area contributed by atoms with Gasteiger partial charge >= 0.3 is 0 Å². The lowest BCUT2D eigenvalue weighted by Gasteiger charge is -2.23. The third-order valence-electron chi connectivity index (χ3n) is 6.09. The Morgan fingerprint density at radius 1 is 1.03 bits per heavy atom. The maximum atomic E-state index is 13.0. The molecule has 1 N–H and O–H groups in total. The van der Waals surface area contributed by atoms with Crippen LogP contribution in [-0.4, -0.2) is 27.0 Å². The van der Waals surface area contributed by atoms with Gasteiger partial charge in [0.2, 0.25) is 0 Å². The molecule has 1 atom stereocenters. The Kier molecular flexibility index (Phi) is 6.73. The number of hydrogen-bond acceptors (Lipinski definition) is 4. The van der Waals surface area contributed by atoms with E-state index >= 15 is 0 Å². The van der Waals surface area contributed by atoms with Crippen molar-refractivity contribution >= 4 is 43.2 Å². The third-order valence-corrected chi connectivity index (χ3v) is 7.97. The predicted molar refractivity (Wildman–Crippen MR) is 138 cm³/mol. The molecule has 3 aromatic rings. The Hall–Kier alpha value is -2.84. The average Bonchev–Trinajstić information content (AvgIpc) is 3.09. The first-order valence-electron chi connectivity index (χ1n) is 11.0. The summed E-state index contributed by atoms with van der Waals surface area (Å²) in [6.07, 6.45) is 0.791. The number of benzene rings is 3. The van der Waals surface area contributed by atoms with Crippen molar-refractivity contribution in [2.75, 3.05) is 16.2 Å². The lowest BCUT2D eigenvalue weighted by Crippen LogP contribution is -2.39. The van der Waals surface area contributed by atoms with Gasteiger partial charge in [-0.3, -0.25) is 9.52 Å². The number of carbonyl (C=O) groups excluding carboxylic acids is 1. The van der Waals surface area contributed by atoms with Crippen molar-refractivity contribution in [2.24, 2.45) is 0 Å². The second-order valence-corrected chi connectivity index (χ2v) is 11.3. The van der Waals surface area contributed by atoms with E-state index in [-0.39, 0.29) is 23.5 Å². The van der Waals surface area contributed by atoms with E-state index in [0.29, 0.717) is 17.0 Å². The number of nitrogens with zero attached hydrogens (tertiary/aromatic N) is 1. The fourth-order valence-electron chi connectivity index (χ4n) is 4.16. The number of halogens is 1. The number of amides is 1. The van der Waals surface area contributed by atoms with Gasteiger partial charge in [0.05, 0.1) is 4.90 Å². The summed E-state index contributed by atoms with van der Waals surface area (Å²) >= 11 is 3.48. The van der Waals surface area contributed by atoms with Crippen LogP contribution in [0.25, 0.3) is 0 Å². The highest BCUT2D eigenvalue weighted by atomic mass is 79.9. The molecule has 8 heteroatoms. The molecule has 6 nitrogen and oxygen atoms in total. The van der Waals surface area contributed by atoms with Crippen molar-refractivity contribution in [1.29, 1.82) is 0 Å². The maximum Gasteiger partial charge on any atom is 0.265 e. The Morgan fingerprint density at radius 3 is 2.50 bits per heavy atom. The molecule has 0 unspecified atom stereocenters. The van der Waals surface area contributed by atoms with Gasteiger partial charge in [-0.25, -0.2) is 8.42 Å². The summed E-state index contributed by atoms with van der Waals surface area (Å²) < 4.78 is 35.1. The second kappa shape index (κ2) is 9.43. The number of aryl methyl sites for hydroxylation is 3. The number of fused-ring (bicyclic) bond motifs is 1. The molecule has 0 bridgehead atoms. The van der Waals surface area contributed by atoms with Crippen molar-refractivity contribution in [3.8, 4) is 5.75 Å². The highest BCUT2D eigenvalue weighted by Gasteiger charge is 2.31. The smallest absolute Gasteiger partial charge is 0.265 e.